The molecule has 0 bridgehead atoms. The van der Waals surface area contributed by atoms with Crippen LogP contribution in [-0.4, -0.2) is 14.7 Å². The molecule has 0 unspecified atom stereocenters. The molecule has 4 aromatic rings. The van der Waals surface area contributed by atoms with Crippen molar-refractivity contribution in [3.8, 4) is 0 Å². The van der Waals surface area contributed by atoms with Crippen molar-refractivity contribution in [3.63, 3.8) is 0 Å². The van der Waals surface area contributed by atoms with E-state index in [9.17, 15) is 5.11 Å². The maximum atomic E-state index is 9.53. The number of hydrogen-bond acceptors (Lipinski definition) is 2. The molecular weight excluding hydrogens is 272 g/mol. The number of fused-ring (bicyclic) bond motifs is 2. The molecule has 1 N–H and O–H groups in total. The van der Waals surface area contributed by atoms with E-state index in [1.807, 2.05) is 42.7 Å². The Bertz CT molecular complexity index is 956. The molecule has 0 aliphatic rings. The molecule has 0 aliphatic carbocycles. The summed E-state index contributed by atoms with van der Waals surface area (Å²) in [5, 5.41) is 13.0. The van der Waals surface area contributed by atoms with Crippen LogP contribution in [0.25, 0.3) is 21.7 Å². The minimum atomic E-state index is 0.0542. The highest BCUT2D eigenvalue weighted by Gasteiger charge is 2.08. The van der Waals surface area contributed by atoms with Gasteiger partial charge in [0.15, 0.2) is 0 Å². The lowest BCUT2D eigenvalue weighted by Gasteiger charge is -2.06. The first-order valence-corrected chi connectivity index (χ1v) is 7.36. The van der Waals surface area contributed by atoms with Crippen LogP contribution in [0, 0.1) is 0 Å². The van der Waals surface area contributed by atoms with Crippen LogP contribution in [0.1, 0.15) is 11.3 Å². The molecule has 4 rings (SSSR count). The number of benzene rings is 2. The van der Waals surface area contributed by atoms with Gasteiger partial charge >= 0.3 is 0 Å². The van der Waals surface area contributed by atoms with Gasteiger partial charge in [-0.2, -0.15) is 0 Å². The molecule has 0 radical (unpaired) electrons. The summed E-state index contributed by atoms with van der Waals surface area (Å²) in [6, 6.07) is 18.5. The lowest BCUT2D eigenvalue weighted by molar-refractivity contribution is 0.283. The first-order chi connectivity index (χ1) is 10.8. The molecule has 0 aliphatic heterocycles. The normalized spacial score (nSPS) is 11.3. The third kappa shape index (κ3) is 2.16. The van der Waals surface area contributed by atoms with Gasteiger partial charge in [0.25, 0.3) is 0 Å². The highest BCUT2D eigenvalue weighted by molar-refractivity contribution is 5.84. The maximum Gasteiger partial charge on any atom is 0.0702 e. The Balaban J connectivity index is 1.79. The second-order valence-electron chi connectivity index (χ2n) is 5.48. The van der Waals surface area contributed by atoms with Crippen LogP contribution < -0.4 is 0 Å². The number of aromatic nitrogens is 2. The summed E-state index contributed by atoms with van der Waals surface area (Å²) in [7, 11) is 0. The number of nitrogens with zero attached hydrogens (tertiary/aromatic N) is 2. The molecule has 0 fully saturated rings. The van der Waals surface area contributed by atoms with Gasteiger partial charge in [0, 0.05) is 34.2 Å². The molecule has 0 atom stereocenters. The average molecular weight is 288 g/mol. The van der Waals surface area contributed by atoms with Gasteiger partial charge in [-0.3, -0.25) is 4.98 Å². The Morgan fingerprint density at radius 1 is 0.955 bits per heavy atom. The fourth-order valence-corrected chi connectivity index (χ4v) is 2.97. The van der Waals surface area contributed by atoms with E-state index < -0.39 is 0 Å². The predicted octanol–water partition coefficient (Wildman–Crippen LogP) is 3.73. The zero-order valence-corrected chi connectivity index (χ0v) is 12.1. The van der Waals surface area contributed by atoms with E-state index in [-0.39, 0.29) is 6.61 Å². The van der Waals surface area contributed by atoms with Crippen molar-refractivity contribution in [2.75, 3.05) is 0 Å². The number of rotatable bonds is 3. The van der Waals surface area contributed by atoms with Crippen LogP contribution in [0.5, 0.6) is 0 Å². The molecule has 0 spiro atoms. The number of pyridine rings is 1. The highest BCUT2D eigenvalue weighted by Crippen LogP contribution is 2.22. The zero-order chi connectivity index (χ0) is 14.9. The number of aliphatic hydroxyl groups excluding tert-OH is 1. The van der Waals surface area contributed by atoms with E-state index in [1.54, 1.807) is 0 Å². The van der Waals surface area contributed by atoms with Crippen molar-refractivity contribution in [2.45, 2.75) is 13.2 Å². The van der Waals surface area contributed by atoms with E-state index in [0.717, 1.165) is 27.5 Å². The Hall–Kier alpha value is -2.65. The first kappa shape index (κ1) is 13.0. The largest absolute Gasteiger partial charge is 0.392 e. The summed E-state index contributed by atoms with van der Waals surface area (Å²) >= 11 is 0. The van der Waals surface area contributed by atoms with Gasteiger partial charge in [0.1, 0.15) is 0 Å². The molecule has 2 aromatic heterocycles. The van der Waals surface area contributed by atoms with Gasteiger partial charge in [-0.1, -0.05) is 42.5 Å². The van der Waals surface area contributed by atoms with Crippen molar-refractivity contribution < 1.29 is 5.11 Å². The second kappa shape index (κ2) is 5.28. The summed E-state index contributed by atoms with van der Waals surface area (Å²) in [5.74, 6) is 0. The van der Waals surface area contributed by atoms with E-state index in [0.29, 0.717) is 6.54 Å². The fourth-order valence-electron chi connectivity index (χ4n) is 2.97. The number of para-hydroxylation sites is 1. The van der Waals surface area contributed by atoms with Gasteiger partial charge in [-0.15, -0.1) is 0 Å². The molecule has 0 saturated heterocycles. The van der Waals surface area contributed by atoms with E-state index in [1.165, 1.54) is 5.39 Å². The van der Waals surface area contributed by atoms with E-state index in [2.05, 4.69) is 33.8 Å². The number of aliphatic hydroxyl groups is 1. The molecule has 22 heavy (non-hydrogen) atoms. The Morgan fingerprint density at radius 2 is 1.73 bits per heavy atom. The van der Waals surface area contributed by atoms with Crippen LogP contribution in [-0.2, 0) is 13.2 Å². The lowest BCUT2D eigenvalue weighted by atomic mass is 10.1. The van der Waals surface area contributed by atoms with Gasteiger partial charge < -0.3 is 9.67 Å². The maximum absolute atomic E-state index is 9.53. The molecule has 3 heteroatoms. The summed E-state index contributed by atoms with van der Waals surface area (Å²) in [6.45, 7) is 0.754. The van der Waals surface area contributed by atoms with Crippen molar-refractivity contribution in [1.82, 2.24) is 9.55 Å². The zero-order valence-electron chi connectivity index (χ0n) is 12.1. The van der Waals surface area contributed by atoms with Crippen LogP contribution in [0.3, 0.4) is 0 Å². The lowest BCUT2D eigenvalue weighted by Crippen LogP contribution is -2.00. The standard InChI is InChI=1S/C19H16N2O/c22-13-16-11-21(19-8-4-3-7-18(16)19)12-17-9-14-5-1-2-6-15(14)10-20-17/h1-11,22H,12-13H2. The van der Waals surface area contributed by atoms with Gasteiger partial charge in [-0.05, 0) is 17.5 Å². The summed E-state index contributed by atoms with van der Waals surface area (Å²) in [5.41, 5.74) is 3.10. The predicted molar refractivity (Wildman–Crippen MR) is 88.7 cm³/mol. The Morgan fingerprint density at radius 3 is 2.59 bits per heavy atom. The van der Waals surface area contributed by atoms with Crippen LogP contribution in [0.2, 0.25) is 0 Å². The molecular formula is C19H16N2O. The SMILES string of the molecule is OCc1cn(Cc2cc3ccccc3cn2)c2ccccc12. The molecule has 2 aromatic carbocycles. The topological polar surface area (TPSA) is 38.0 Å². The molecule has 0 saturated carbocycles. The molecule has 108 valence electrons. The quantitative estimate of drug-likeness (QED) is 0.624. The summed E-state index contributed by atoms with van der Waals surface area (Å²) in [6.07, 6.45) is 3.94. The monoisotopic (exact) mass is 288 g/mol. The van der Waals surface area contributed by atoms with Crippen LogP contribution >= 0.6 is 0 Å². The minimum Gasteiger partial charge on any atom is -0.392 e. The Labute approximate surface area is 128 Å². The van der Waals surface area contributed by atoms with Crippen LogP contribution in [0.15, 0.2) is 67.0 Å². The van der Waals surface area contributed by atoms with Crippen molar-refractivity contribution in [3.05, 3.63) is 78.2 Å². The van der Waals surface area contributed by atoms with Crippen molar-refractivity contribution in [2.24, 2.45) is 0 Å². The molecule has 0 amide bonds. The molecule has 3 nitrogen and oxygen atoms in total. The van der Waals surface area contributed by atoms with Crippen molar-refractivity contribution >= 4 is 21.7 Å². The fraction of sp³-hybridized carbons (Fsp3) is 0.105. The van der Waals surface area contributed by atoms with E-state index in [4.69, 9.17) is 0 Å². The highest BCUT2D eigenvalue weighted by atomic mass is 16.3. The third-order valence-corrected chi connectivity index (χ3v) is 4.06. The summed E-state index contributed by atoms with van der Waals surface area (Å²) < 4.78 is 2.15. The second-order valence-corrected chi connectivity index (χ2v) is 5.48. The first-order valence-electron chi connectivity index (χ1n) is 7.36. The van der Waals surface area contributed by atoms with Gasteiger partial charge in [-0.25, -0.2) is 0 Å². The summed E-state index contributed by atoms with van der Waals surface area (Å²) in [4.78, 5) is 4.56. The van der Waals surface area contributed by atoms with Crippen LogP contribution in [0.4, 0.5) is 0 Å². The Kier molecular flexibility index (Phi) is 3.13. The van der Waals surface area contributed by atoms with Gasteiger partial charge in [0.05, 0.1) is 18.8 Å². The van der Waals surface area contributed by atoms with Crippen molar-refractivity contribution in [1.29, 1.82) is 0 Å². The van der Waals surface area contributed by atoms with E-state index >= 15 is 0 Å². The third-order valence-electron chi connectivity index (χ3n) is 4.06. The smallest absolute Gasteiger partial charge is 0.0702 e. The number of hydrogen-bond donors (Lipinski definition) is 1. The minimum absolute atomic E-state index is 0.0542. The van der Waals surface area contributed by atoms with Gasteiger partial charge in [0.2, 0.25) is 0 Å². The average Bonchev–Trinajstić information content (AvgIpc) is 2.93. The molecule has 2 heterocycles.